The molecule has 9 nitrogen and oxygen atoms in total. The van der Waals surface area contributed by atoms with Crippen LogP contribution in [0.2, 0.25) is 10.0 Å². The van der Waals surface area contributed by atoms with Crippen molar-refractivity contribution in [1.29, 1.82) is 0 Å². The zero-order valence-electron chi connectivity index (χ0n) is 26.9. The lowest BCUT2D eigenvalue weighted by atomic mass is 10.0. The zero-order chi connectivity index (χ0) is 35.1. The van der Waals surface area contributed by atoms with Gasteiger partial charge in [-0.2, -0.15) is 0 Å². The van der Waals surface area contributed by atoms with Gasteiger partial charge in [-0.05, 0) is 73.0 Å². The summed E-state index contributed by atoms with van der Waals surface area (Å²) in [7, 11) is -4.45. The van der Waals surface area contributed by atoms with E-state index in [2.05, 4.69) is 5.32 Å². The first kappa shape index (κ1) is 36.0. The maximum absolute atomic E-state index is 14.6. The van der Waals surface area contributed by atoms with Crippen LogP contribution >= 0.6 is 23.2 Å². The molecule has 2 atom stereocenters. The molecule has 2 amide bonds. The first-order valence-corrected chi connectivity index (χ1v) is 17.9. The summed E-state index contributed by atoms with van der Waals surface area (Å²) in [5, 5.41) is 3.55. The molecule has 0 bridgehead atoms. The van der Waals surface area contributed by atoms with Crippen LogP contribution < -0.4 is 19.1 Å². The Morgan fingerprint density at radius 2 is 1.57 bits per heavy atom. The van der Waals surface area contributed by atoms with Gasteiger partial charge in [0.25, 0.3) is 10.0 Å². The van der Waals surface area contributed by atoms with Crippen molar-refractivity contribution >= 4 is 50.7 Å². The van der Waals surface area contributed by atoms with Gasteiger partial charge in [0.1, 0.15) is 31.6 Å². The molecule has 1 heterocycles. The smallest absolute Gasteiger partial charge is 0.264 e. The van der Waals surface area contributed by atoms with Gasteiger partial charge in [0.15, 0.2) is 11.5 Å². The molecule has 0 fully saturated rings. The van der Waals surface area contributed by atoms with Gasteiger partial charge < -0.3 is 19.7 Å². The average Bonchev–Trinajstić information content (AvgIpc) is 3.10. The van der Waals surface area contributed by atoms with Crippen LogP contribution in [-0.4, -0.2) is 57.0 Å². The van der Waals surface area contributed by atoms with Crippen molar-refractivity contribution in [1.82, 2.24) is 10.2 Å². The number of fused-ring (bicyclic) bond motifs is 1. The van der Waals surface area contributed by atoms with Crippen molar-refractivity contribution in [2.24, 2.45) is 0 Å². The molecule has 0 radical (unpaired) electrons. The lowest BCUT2D eigenvalue weighted by Crippen LogP contribution is -2.54. The Morgan fingerprint density at radius 3 is 2.24 bits per heavy atom. The fraction of sp³-hybridized carbons (Fsp3) is 0.278. The molecule has 1 aliphatic heterocycles. The predicted octanol–water partition coefficient (Wildman–Crippen LogP) is 6.65. The third-order valence-corrected chi connectivity index (χ3v) is 10.6. The molecule has 5 rings (SSSR count). The predicted molar refractivity (Wildman–Crippen MR) is 187 cm³/mol. The Morgan fingerprint density at radius 1 is 0.878 bits per heavy atom. The van der Waals surface area contributed by atoms with E-state index in [1.807, 2.05) is 44.2 Å². The molecule has 258 valence electrons. The number of hydrogen-bond donors (Lipinski definition) is 1. The van der Waals surface area contributed by atoms with E-state index in [9.17, 15) is 22.4 Å². The van der Waals surface area contributed by atoms with Crippen LogP contribution in [0, 0.1) is 5.82 Å². The first-order valence-electron chi connectivity index (χ1n) is 15.7. The average molecular weight is 729 g/mol. The molecule has 1 aliphatic rings. The fourth-order valence-corrected chi connectivity index (χ4v) is 7.03. The number of rotatable bonds is 13. The number of sulfonamides is 1. The molecular weight excluding hydrogens is 692 g/mol. The number of halogens is 3. The summed E-state index contributed by atoms with van der Waals surface area (Å²) in [6.45, 7) is 3.53. The van der Waals surface area contributed by atoms with E-state index in [-0.39, 0.29) is 47.0 Å². The van der Waals surface area contributed by atoms with Crippen LogP contribution in [0.1, 0.15) is 31.4 Å². The topological polar surface area (TPSA) is 105 Å². The van der Waals surface area contributed by atoms with Crippen LogP contribution in [0.25, 0.3) is 0 Å². The van der Waals surface area contributed by atoms with Crippen molar-refractivity contribution in [2.45, 2.75) is 50.2 Å². The third kappa shape index (κ3) is 8.83. The van der Waals surface area contributed by atoms with Crippen LogP contribution in [-0.2, 0) is 32.6 Å². The van der Waals surface area contributed by atoms with Crippen molar-refractivity contribution in [3.8, 4) is 11.5 Å². The second kappa shape index (κ2) is 15.9. The molecule has 0 aliphatic carbocycles. The van der Waals surface area contributed by atoms with Gasteiger partial charge in [-0.3, -0.25) is 13.9 Å². The lowest BCUT2D eigenvalue weighted by Gasteiger charge is -2.34. The summed E-state index contributed by atoms with van der Waals surface area (Å²) >= 11 is 12.5. The number of anilines is 1. The summed E-state index contributed by atoms with van der Waals surface area (Å²) in [4.78, 5) is 29.8. The highest BCUT2D eigenvalue weighted by molar-refractivity contribution is 7.92. The number of ether oxygens (including phenoxy) is 2. The Bertz CT molecular complexity index is 1900. The number of hydrogen-bond acceptors (Lipinski definition) is 6. The van der Waals surface area contributed by atoms with E-state index in [0.717, 1.165) is 22.0 Å². The number of nitrogens with one attached hydrogen (secondary N) is 1. The second-order valence-electron chi connectivity index (χ2n) is 11.6. The molecule has 49 heavy (non-hydrogen) atoms. The molecule has 0 unspecified atom stereocenters. The van der Waals surface area contributed by atoms with Crippen molar-refractivity contribution in [3.63, 3.8) is 0 Å². The summed E-state index contributed by atoms with van der Waals surface area (Å²) in [6.07, 6.45) is 0.790. The summed E-state index contributed by atoms with van der Waals surface area (Å²) in [6, 6.07) is 21.8. The second-order valence-corrected chi connectivity index (χ2v) is 14.3. The number of amides is 2. The quantitative estimate of drug-likeness (QED) is 0.165. The highest BCUT2D eigenvalue weighted by atomic mass is 35.5. The minimum absolute atomic E-state index is 0.0443. The Balaban J connectivity index is 1.59. The van der Waals surface area contributed by atoms with Gasteiger partial charge >= 0.3 is 0 Å². The van der Waals surface area contributed by atoms with E-state index >= 15 is 0 Å². The third-order valence-electron chi connectivity index (χ3n) is 8.10. The van der Waals surface area contributed by atoms with E-state index in [0.29, 0.717) is 29.4 Å². The normalized spacial score (nSPS) is 13.7. The zero-order valence-corrected chi connectivity index (χ0v) is 29.3. The molecule has 0 saturated heterocycles. The van der Waals surface area contributed by atoms with Gasteiger partial charge in [-0.15, -0.1) is 0 Å². The Labute approximate surface area is 295 Å². The fourth-order valence-electron chi connectivity index (χ4n) is 5.28. The highest BCUT2D eigenvalue weighted by Crippen LogP contribution is 2.34. The van der Waals surface area contributed by atoms with Crippen molar-refractivity contribution in [3.05, 3.63) is 118 Å². The maximum Gasteiger partial charge on any atom is 0.264 e. The van der Waals surface area contributed by atoms with E-state index in [1.165, 1.54) is 35.2 Å². The lowest BCUT2D eigenvalue weighted by molar-refractivity contribution is -0.140. The van der Waals surface area contributed by atoms with Crippen molar-refractivity contribution < 1.29 is 31.9 Å². The van der Waals surface area contributed by atoms with E-state index in [4.69, 9.17) is 32.7 Å². The molecule has 13 heteroatoms. The summed E-state index contributed by atoms with van der Waals surface area (Å²) < 4.78 is 54.8. The Kier molecular flexibility index (Phi) is 11.7. The monoisotopic (exact) mass is 727 g/mol. The van der Waals surface area contributed by atoms with Crippen LogP contribution in [0.4, 0.5) is 10.1 Å². The number of carbonyl (C=O) groups excluding carboxylic acids is 2. The molecular formula is C36H36Cl2FN3O6S. The number of benzene rings is 4. The van der Waals surface area contributed by atoms with Crippen LogP contribution in [0.15, 0.2) is 95.9 Å². The molecule has 1 N–H and O–H groups in total. The summed E-state index contributed by atoms with van der Waals surface area (Å²) in [5.74, 6) is -1.05. The molecule has 0 aromatic heterocycles. The number of carbonyl (C=O) groups is 2. The minimum atomic E-state index is -4.45. The van der Waals surface area contributed by atoms with E-state index < -0.39 is 40.2 Å². The van der Waals surface area contributed by atoms with Gasteiger partial charge in [-0.1, -0.05) is 66.5 Å². The van der Waals surface area contributed by atoms with E-state index in [1.54, 1.807) is 18.2 Å². The molecule has 0 spiro atoms. The summed E-state index contributed by atoms with van der Waals surface area (Å²) in [5.41, 5.74) is 1.40. The molecule has 4 aromatic carbocycles. The van der Waals surface area contributed by atoms with Gasteiger partial charge in [-0.25, -0.2) is 12.8 Å². The van der Waals surface area contributed by atoms with Crippen LogP contribution in [0.3, 0.4) is 0 Å². The number of nitrogens with zero attached hydrogens (tertiary/aromatic N) is 2. The standard InChI is InChI=1S/C36H36Cl2FN3O6S/c1-3-24(2)40-36(44)32(20-25-7-5-4-6-8-25)41(22-26-9-15-30(37)31(38)19-26)35(43)23-42(28-12-10-27(39)11-13-28)49(45,46)29-14-16-33-34(21-29)48-18-17-47-33/h4-16,19,21,24,32H,3,17-18,20,22-23H2,1-2H3,(H,40,44)/t24-,32+/m1/s1. The first-order chi connectivity index (χ1) is 23.5. The highest BCUT2D eigenvalue weighted by Gasteiger charge is 2.35. The molecule has 0 saturated carbocycles. The maximum atomic E-state index is 14.6. The van der Waals surface area contributed by atoms with Gasteiger partial charge in [0, 0.05) is 25.1 Å². The Hall–Kier alpha value is -4.32. The van der Waals surface area contributed by atoms with Crippen LogP contribution in [0.5, 0.6) is 11.5 Å². The minimum Gasteiger partial charge on any atom is -0.486 e. The largest absolute Gasteiger partial charge is 0.486 e. The van der Waals surface area contributed by atoms with Crippen molar-refractivity contribution in [2.75, 3.05) is 24.1 Å². The SMILES string of the molecule is CC[C@@H](C)NC(=O)[C@H](Cc1ccccc1)N(Cc1ccc(Cl)c(Cl)c1)C(=O)CN(c1ccc(F)cc1)S(=O)(=O)c1ccc2c(c1)OCCO2. The van der Waals surface area contributed by atoms with Gasteiger partial charge in [0.2, 0.25) is 11.8 Å². The van der Waals surface area contributed by atoms with Gasteiger partial charge in [0.05, 0.1) is 20.6 Å². The molecule has 4 aromatic rings.